The first-order chi connectivity index (χ1) is 11.2. The van der Waals surface area contributed by atoms with E-state index in [0.717, 1.165) is 24.0 Å². The number of ether oxygens (including phenoxy) is 1. The fourth-order valence-corrected chi connectivity index (χ4v) is 2.44. The van der Waals surface area contributed by atoms with Crippen LogP contribution in [0.5, 0.6) is 0 Å². The van der Waals surface area contributed by atoms with Crippen molar-refractivity contribution in [3.63, 3.8) is 0 Å². The van der Waals surface area contributed by atoms with Gasteiger partial charge in [0.05, 0.1) is 24.9 Å². The number of hydrogen-bond acceptors (Lipinski definition) is 5. The van der Waals surface area contributed by atoms with Crippen molar-refractivity contribution in [1.82, 2.24) is 20.4 Å². The maximum absolute atomic E-state index is 11.9. The topological polar surface area (TPSA) is 99.3 Å². The molecule has 0 atom stereocenters. The third-order valence-corrected chi connectivity index (χ3v) is 3.72. The summed E-state index contributed by atoms with van der Waals surface area (Å²) in [6.45, 7) is 4.28. The van der Waals surface area contributed by atoms with Gasteiger partial charge in [0.1, 0.15) is 0 Å². The molecule has 1 aromatic heterocycles. The molecule has 8 heteroatoms. The molecule has 3 rings (SSSR count). The number of hydrogen-bond donors (Lipinski definition) is 3. The predicted octanol–water partition coefficient (Wildman–Crippen LogP) is -0.0502. The molecular weight excluding hydrogens is 298 g/mol. The molecule has 1 aliphatic heterocycles. The number of rotatable bonds is 4. The summed E-state index contributed by atoms with van der Waals surface area (Å²) in [6, 6.07) is 5.29. The monoisotopic (exact) mass is 317 g/mol. The minimum absolute atomic E-state index is 0.436. The fraction of sp³-hybridized carbons (Fsp3) is 0.400. The predicted molar refractivity (Wildman–Crippen MR) is 85.0 cm³/mol. The van der Waals surface area contributed by atoms with E-state index in [1.54, 1.807) is 18.3 Å². The molecule has 2 heterocycles. The van der Waals surface area contributed by atoms with Crippen LogP contribution < -0.4 is 10.6 Å². The zero-order valence-electron chi connectivity index (χ0n) is 12.7. The standard InChI is InChI=1S/C15H19N5O3/c21-14(16-3-4-20-5-7-23-8-6-20)15(22)18-12-2-1-11-10-17-19-13(11)9-12/h1-2,9-10H,3-8H2,(H,16,21)(H,17,19)(H,18,22). The summed E-state index contributed by atoms with van der Waals surface area (Å²) >= 11 is 0. The van der Waals surface area contributed by atoms with Crippen molar-refractivity contribution in [3.05, 3.63) is 24.4 Å². The van der Waals surface area contributed by atoms with Crippen LogP contribution in [0.3, 0.4) is 0 Å². The molecule has 3 N–H and O–H groups in total. The molecule has 0 unspecified atom stereocenters. The molecule has 0 spiro atoms. The second-order valence-electron chi connectivity index (χ2n) is 5.34. The first kappa shape index (κ1) is 15.4. The zero-order valence-corrected chi connectivity index (χ0v) is 12.7. The van der Waals surface area contributed by atoms with Crippen LogP contribution in [-0.4, -0.2) is 66.3 Å². The number of carbonyl (C=O) groups excluding carboxylic acids is 2. The van der Waals surface area contributed by atoms with Gasteiger partial charge in [-0.3, -0.25) is 19.6 Å². The zero-order chi connectivity index (χ0) is 16.1. The van der Waals surface area contributed by atoms with E-state index >= 15 is 0 Å². The number of nitrogens with one attached hydrogen (secondary N) is 3. The number of aromatic amines is 1. The number of nitrogens with zero attached hydrogens (tertiary/aromatic N) is 2. The van der Waals surface area contributed by atoms with Crippen molar-refractivity contribution in [3.8, 4) is 0 Å². The molecule has 122 valence electrons. The van der Waals surface area contributed by atoms with Crippen LogP contribution in [0.1, 0.15) is 0 Å². The summed E-state index contributed by atoms with van der Waals surface area (Å²) in [6.07, 6.45) is 1.69. The average Bonchev–Trinajstić information content (AvgIpc) is 3.03. The molecule has 1 aromatic carbocycles. The van der Waals surface area contributed by atoms with E-state index in [1.165, 1.54) is 0 Å². The summed E-state index contributed by atoms with van der Waals surface area (Å²) in [5.41, 5.74) is 1.35. The summed E-state index contributed by atoms with van der Waals surface area (Å²) in [5, 5.41) is 12.9. The van der Waals surface area contributed by atoms with Crippen molar-refractivity contribution in [2.75, 3.05) is 44.7 Å². The van der Waals surface area contributed by atoms with Gasteiger partial charge < -0.3 is 15.4 Å². The molecule has 1 aliphatic rings. The van der Waals surface area contributed by atoms with Crippen LogP contribution >= 0.6 is 0 Å². The van der Waals surface area contributed by atoms with Crippen LogP contribution in [0.4, 0.5) is 5.69 Å². The summed E-state index contributed by atoms with van der Waals surface area (Å²) < 4.78 is 5.26. The van der Waals surface area contributed by atoms with E-state index in [2.05, 4.69) is 25.7 Å². The van der Waals surface area contributed by atoms with Gasteiger partial charge in [-0.25, -0.2) is 0 Å². The molecule has 0 aliphatic carbocycles. The molecule has 8 nitrogen and oxygen atoms in total. The SMILES string of the molecule is O=C(NCCN1CCOCC1)C(=O)Nc1ccc2cn[nH]c2c1. The van der Waals surface area contributed by atoms with Crippen molar-refractivity contribution in [2.24, 2.45) is 0 Å². The number of fused-ring (bicyclic) bond motifs is 1. The number of amides is 2. The molecule has 0 saturated carbocycles. The Bertz CT molecular complexity index is 693. The molecule has 0 radical (unpaired) electrons. The highest BCUT2D eigenvalue weighted by Gasteiger charge is 2.15. The van der Waals surface area contributed by atoms with E-state index in [1.807, 2.05) is 6.07 Å². The van der Waals surface area contributed by atoms with E-state index in [0.29, 0.717) is 32.0 Å². The normalized spacial score (nSPS) is 15.5. The Morgan fingerprint density at radius 1 is 1.26 bits per heavy atom. The highest BCUT2D eigenvalue weighted by Crippen LogP contribution is 2.16. The number of carbonyl (C=O) groups is 2. The van der Waals surface area contributed by atoms with Crippen LogP contribution in [0.15, 0.2) is 24.4 Å². The van der Waals surface area contributed by atoms with Gasteiger partial charge in [0.2, 0.25) is 0 Å². The smallest absolute Gasteiger partial charge is 0.313 e. The highest BCUT2D eigenvalue weighted by molar-refractivity contribution is 6.39. The quantitative estimate of drug-likeness (QED) is 0.687. The van der Waals surface area contributed by atoms with E-state index in [4.69, 9.17) is 4.74 Å². The van der Waals surface area contributed by atoms with Crippen LogP contribution in [0, 0.1) is 0 Å². The summed E-state index contributed by atoms with van der Waals surface area (Å²) in [5.74, 6) is -1.31. The molecule has 1 saturated heterocycles. The molecule has 2 amide bonds. The number of aromatic nitrogens is 2. The molecular formula is C15H19N5O3. The van der Waals surface area contributed by atoms with E-state index in [-0.39, 0.29) is 0 Å². The maximum Gasteiger partial charge on any atom is 0.313 e. The van der Waals surface area contributed by atoms with Gasteiger partial charge >= 0.3 is 11.8 Å². The third-order valence-electron chi connectivity index (χ3n) is 3.72. The van der Waals surface area contributed by atoms with Gasteiger partial charge in [0.15, 0.2) is 0 Å². The molecule has 23 heavy (non-hydrogen) atoms. The van der Waals surface area contributed by atoms with Gasteiger partial charge in [-0.1, -0.05) is 0 Å². The Morgan fingerprint density at radius 2 is 2.09 bits per heavy atom. The minimum atomic E-state index is -0.675. The lowest BCUT2D eigenvalue weighted by Crippen LogP contribution is -2.43. The van der Waals surface area contributed by atoms with Crippen molar-refractivity contribution in [2.45, 2.75) is 0 Å². The number of anilines is 1. The third kappa shape index (κ3) is 4.05. The van der Waals surface area contributed by atoms with Crippen LogP contribution in [-0.2, 0) is 14.3 Å². The Morgan fingerprint density at radius 3 is 2.91 bits per heavy atom. The number of H-pyrrole nitrogens is 1. The summed E-state index contributed by atoms with van der Waals surface area (Å²) in [7, 11) is 0. The van der Waals surface area contributed by atoms with Crippen LogP contribution in [0.25, 0.3) is 10.9 Å². The first-order valence-electron chi connectivity index (χ1n) is 7.55. The highest BCUT2D eigenvalue weighted by atomic mass is 16.5. The Hall–Kier alpha value is -2.45. The van der Waals surface area contributed by atoms with Crippen molar-refractivity contribution >= 4 is 28.4 Å². The van der Waals surface area contributed by atoms with Crippen LogP contribution in [0.2, 0.25) is 0 Å². The largest absolute Gasteiger partial charge is 0.379 e. The molecule has 1 fully saturated rings. The Labute approximate surface area is 133 Å². The molecule has 2 aromatic rings. The first-order valence-corrected chi connectivity index (χ1v) is 7.55. The molecule has 0 bridgehead atoms. The van der Waals surface area contributed by atoms with E-state index < -0.39 is 11.8 Å². The van der Waals surface area contributed by atoms with Crippen molar-refractivity contribution < 1.29 is 14.3 Å². The Balaban J connectivity index is 1.46. The number of morpholine rings is 1. The Kier molecular flexibility index (Phi) is 4.84. The van der Waals surface area contributed by atoms with Gasteiger partial charge in [0.25, 0.3) is 0 Å². The minimum Gasteiger partial charge on any atom is -0.379 e. The lowest BCUT2D eigenvalue weighted by atomic mass is 10.2. The van der Waals surface area contributed by atoms with Gasteiger partial charge in [0, 0.05) is 37.3 Å². The second-order valence-corrected chi connectivity index (χ2v) is 5.34. The number of benzene rings is 1. The second kappa shape index (κ2) is 7.21. The fourth-order valence-electron chi connectivity index (χ4n) is 2.44. The van der Waals surface area contributed by atoms with Gasteiger partial charge in [-0.05, 0) is 18.2 Å². The lowest BCUT2D eigenvalue weighted by molar-refractivity contribution is -0.136. The lowest BCUT2D eigenvalue weighted by Gasteiger charge is -2.26. The maximum atomic E-state index is 11.9. The van der Waals surface area contributed by atoms with E-state index in [9.17, 15) is 9.59 Å². The summed E-state index contributed by atoms with van der Waals surface area (Å²) in [4.78, 5) is 25.9. The van der Waals surface area contributed by atoms with Crippen molar-refractivity contribution in [1.29, 1.82) is 0 Å². The average molecular weight is 317 g/mol. The van der Waals surface area contributed by atoms with Gasteiger partial charge in [-0.2, -0.15) is 5.10 Å². The van der Waals surface area contributed by atoms with Gasteiger partial charge in [-0.15, -0.1) is 0 Å².